The molecule has 29 heavy (non-hydrogen) atoms. The van der Waals surface area contributed by atoms with Crippen LogP contribution in [0.2, 0.25) is 5.02 Å². The minimum absolute atomic E-state index is 0.0647. The Hall–Kier alpha value is -2.79. The van der Waals surface area contributed by atoms with E-state index in [1.807, 2.05) is 78.0 Å². The Morgan fingerprint density at radius 3 is 2.28 bits per heavy atom. The first kappa shape index (κ1) is 19.5. The van der Waals surface area contributed by atoms with Crippen molar-refractivity contribution in [3.8, 4) is 11.4 Å². The quantitative estimate of drug-likeness (QED) is 0.620. The van der Waals surface area contributed by atoms with Gasteiger partial charge in [-0.1, -0.05) is 11.6 Å². The molecule has 3 aromatic rings. The maximum atomic E-state index is 12.9. The molecule has 150 valence electrons. The van der Waals surface area contributed by atoms with E-state index in [0.717, 1.165) is 35.7 Å². The minimum atomic E-state index is 0.0647. The van der Waals surface area contributed by atoms with Crippen LogP contribution in [0.3, 0.4) is 0 Å². The van der Waals surface area contributed by atoms with Gasteiger partial charge in [0.2, 0.25) is 0 Å². The Bertz CT molecular complexity index is 988. The average Bonchev–Trinajstić information content (AvgIpc) is 3.08. The highest BCUT2D eigenvalue weighted by Crippen LogP contribution is 2.22. The molecule has 0 saturated carbocycles. The maximum Gasteiger partial charge on any atom is 0.253 e. The lowest BCUT2D eigenvalue weighted by molar-refractivity contribution is 0.0595. The molecule has 0 spiro atoms. The van der Waals surface area contributed by atoms with E-state index in [1.165, 1.54) is 0 Å². The second-order valence-electron chi connectivity index (χ2n) is 7.45. The van der Waals surface area contributed by atoms with Gasteiger partial charge in [0.1, 0.15) is 11.9 Å². The summed E-state index contributed by atoms with van der Waals surface area (Å²) < 4.78 is 7.91. The van der Waals surface area contributed by atoms with E-state index in [1.54, 1.807) is 0 Å². The lowest BCUT2D eigenvalue weighted by Crippen LogP contribution is -2.41. The zero-order chi connectivity index (χ0) is 20.4. The number of ether oxygens (including phenoxy) is 1. The van der Waals surface area contributed by atoms with E-state index >= 15 is 0 Å². The molecule has 2 aromatic carbocycles. The van der Waals surface area contributed by atoms with Crippen molar-refractivity contribution in [2.24, 2.45) is 0 Å². The first-order valence-corrected chi connectivity index (χ1v) is 10.2. The van der Waals surface area contributed by atoms with Crippen LogP contribution in [0.5, 0.6) is 5.75 Å². The van der Waals surface area contributed by atoms with Crippen LogP contribution >= 0.6 is 11.6 Å². The second-order valence-corrected chi connectivity index (χ2v) is 7.89. The fourth-order valence-electron chi connectivity index (χ4n) is 3.70. The molecule has 0 radical (unpaired) electrons. The van der Waals surface area contributed by atoms with E-state index < -0.39 is 0 Å². The lowest BCUT2D eigenvalue weighted by Gasteiger charge is -2.32. The van der Waals surface area contributed by atoms with Gasteiger partial charge >= 0.3 is 0 Å². The number of aryl methyl sites for hydroxylation is 2. The van der Waals surface area contributed by atoms with Crippen LogP contribution in [0.25, 0.3) is 5.69 Å². The summed E-state index contributed by atoms with van der Waals surface area (Å²) in [4.78, 5) is 14.8. The molecule has 0 N–H and O–H groups in total. The van der Waals surface area contributed by atoms with Crippen molar-refractivity contribution in [1.29, 1.82) is 0 Å². The lowest BCUT2D eigenvalue weighted by atomic mass is 10.1. The van der Waals surface area contributed by atoms with Crippen LogP contribution in [-0.2, 0) is 0 Å². The molecule has 6 heteroatoms. The third-order valence-corrected chi connectivity index (χ3v) is 5.47. The van der Waals surface area contributed by atoms with Crippen molar-refractivity contribution in [3.05, 3.63) is 76.6 Å². The maximum absolute atomic E-state index is 12.9. The predicted molar refractivity (Wildman–Crippen MR) is 114 cm³/mol. The molecule has 0 bridgehead atoms. The summed E-state index contributed by atoms with van der Waals surface area (Å²) in [6, 6.07) is 17.1. The summed E-state index contributed by atoms with van der Waals surface area (Å²) in [6.07, 6.45) is 1.75. The first-order valence-electron chi connectivity index (χ1n) is 9.85. The molecule has 1 saturated heterocycles. The van der Waals surface area contributed by atoms with Crippen LogP contribution in [0.15, 0.2) is 54.6 Å². The van der Waals surface area contributed by atoms with Gasteiger partial charge in [-0.3, -0.25) is 4.79 Å². The Morgan fingerprint density at radius 1 is 1.03 bits per heavy atom. The van der Waals surface area contributed by atoms with Crippen molar-refractivity contribution in [2.45, 2.75) is 32.8 Å². The van der Waals surface area contributed by atoms with Crippen LogP contribution in [0.4, 0.5) is 0 Å². The van der Waals surface area contributed by atoms with E-state index in [2.05, 4.69) is 5.10 Å². The zero-order valence-electron chi connectivity index (χ0n) is 16.6. The molecule has 0 aliphatic carbocycles. The number of amides is 1. The fourth-order valence-corrected chi connectivity index (χ4v) is 3.83. The molecule has 5 nitrogen and oxygen atoms in total. The Balaban J connectivity index is 1.35. The second kappa shape index (κ2) is 8.29. The summed E-state index contributed by atoms with van der Waals surface area (Å²) >= 11 is 5.92. The van der Waals surface area contributed by atoms with Crippen LogP contribution < -0.4 is 4.74 Å². The van der Waals surface area contributed by atoms with Gasteiger partial charge in [0, 0.05) is 42.2 Å². The number of likely N-dealkylation sites (tertiary alicyclic amines) is 1. The van der Waals surface area contributed by atoms with E-state index in [-0.39, 0.29) is 12.0 Å². The average molecular weight is 410 g/mol. The number of piperidine rings is 1. The van der Waals surface area contributed by atoms with Crippen molar-refractivity contribution >= 4 is 17.5 Å². The summed E-state index contributed by atoms with van der Waals surface area (Å²) in [5.41, 5.74) is 3.71. The predicted octanol–water partition coefficient (Wildman–Crippen LogP) is 4.83. The number of aromatic nitrogens is 2. The van der Waals surface area contributed by atoms with Crippen molar-refractivity contribution in [2.75, 3.05) is 13.1 Å². The normalized spacial score (nSPS) is 14.8. The van der Waals surface area contributed by atoms with Gasteiger partial charge in [-0.15, -0.1) is 0 Å². The number of carbonyl (C=O) groups excluding carboxylic acids is 1. The van der Waals surface area contributed by atoms with Crippen LogP contribution in [-0.4, -0.2) is 39.8 Å². The molecule has 1 aromatic heterocycles. The van der Waals surface area contributed by atoms with Gasteiger partial charge in [0.25, 0.3) is 5.91 Å². The smallest absolute Gasteiger partial charge is 0.253 e. The van der Waals surface area contributed by atoms with Gasteiger partial charge in [0.15, 0.2) is 0 Å². The first-order chi connectivity index (χ1) is 14.0. The number of rotatable bonds is 4. The number of halogens is 1. The third-order valence-electron chi connectivity index (χ3n) is 5.21. The summed E-state index contributed by atoms with van der Waals surface area (Å²) in [5, 5.41) is 5.19. The fraction of sp³-hybridized carbons (Fsp3) is 0.304. The van der Waals surface area contributed by atoms with Crippen molar-refractivity contribution in [3.63, 3.8) is 0 Å². The number of nitrogens with zero attached hydrogens (tertiary/aromatic N) is 3. The van der Waals surface area contributed by atoms with Crippen molar-refractivity contribution in [1.82, 2.24) is 14.7 Å². The Labute approximate surface area is 175 Å². The SMILES string of the molecule is Cc1cc(C)n(-c2ccc(C(=O)N3CCC(Oc4ccc(Cl)cc4)CC3)cc2)n1. The molecule has 2 heterocycles. The summed E-state index contributed by atoms with van der Waals surface area (Å²) in [6.45, 7) is 5.38. The van der Waals surface area contributed by atoms with E-state index in [4.69, 9.17) is 16.3 Å². The molecule has 1 amide bonds. The molecular weight excluding hydrogens is 386 g/mol. The molecule has 0 atom stereocenters. The van der Waals surface area contributed by atoms with E-state index in [9.17, 15) is 4.79 Å². The molecular formula is C23H24ClN3O2. The molecule has 0 unspecified atom stereocenters. The highest BCUT2D eigenvalue weighted by molar-refractivity contribution is 6.30. The number of benzene rings is 2. The number of hydrogen-bond donors (Lipinski definition) is 0. The Kier molecular flexibility index (Phi) is 5.58. The highest BCUT2D eigenvalue weighted by Gasteiger charge is 2.24. The van der Waals surface area contributed by atoms with Crippen LogP contribution in [0.1, 0.15) is 34.6 Å². The topological polar surface area (TPSA) is 47.4 Å². The van der Waals surface area contributed by atoms with Gasteiger partial charge in [0.05, 0.1) is 11.4 Å². The van der Waals surface area contributed by atoms with Crippen molar-refractivity contribution < 1.29 is 9.53 Å². The molecule has 1 aliphatic heterocycles. The van der Waals surface area contributed by atoms with Gasteiger partial charge in [-0.25, -0.2) is 4.68 Å². The minimum Gasteiger partial charge on any atom is -0.490 e. The molecule has 1 fully saturated rings. The number of hydrogen-bond acceptors (Lipinski definition) is 3. The summed E-state index contributed by atoms with van der Waals surface area (Å²) in [5.74, 6) is 0.883. The van der Waals surface area contributed by atoms with E-state index in [0.29, 0.717) is 23.7 Å². The largest absolute Gasteiger partial charge is 0.490 e. The summed E-state index contributed by atoms with van der Waals surface area (Å²) in [7, 11) is 0. The van der Waals surface area contributed by atoms with Gasteiger partial charge < -0.3 is 9.64 Å². The standard InChI is InChI=1S/C23H24ClN3O2/c1-16-15-17(2)27(25-16)20-7-3-18(4-8-20)23(28)26-13-11-22(12-14-26)29-21-9-5-19(24)6-10-21/h3-10,15,22H,11-14H2,1-2H3. The Morgan fingerprint density at radius 2 is 1.69 bits per heavy atom. The molecule has 1 aliphatic rings. The number of carbonyl (C=O) groups is 1. The zero-order valence-corrected chi connectivity index (χ0v) is 17.4. The third kappa shape index (κ3) is 4.46. The molecule has 4 rings (SSSR count). The highest BCUT2D eigenvalue weighted by atomic mass is 35.5. The van der Waals surface area contributed by atoms with Gasteiger partial charge in [-0.2, -0.15) is 5.10 Å². The monoisotopic (exact) mass is 409 g/mol. The van der Waals surface area contributed by atoms with Gasteiger partial charge in [-0.05, 0) is 68.4 Å². The van der Waals surface area contributed by atoms with Crippen LogP contribution in [0, 0.1) is 13.8 Å².